The van der Waals surface area contributed by atoms with Crippen LogP contribution >= 0.6 is 11.3 Å². The number of rotatable bonds is 5. The lowest BCUT2D eigenvalue weighted by molar-refractivity contribution is 0.503. The van der Waals surface area contributed by atoms with Gasteiger partial charge >= 0.3 is 0 Å². The lowest BCUT2D eigenvalue weighted by Gasteiger charge is -2.15. The van der Waals surface area contributed by atoms with Gasteiger partial charge in [0.05, 0.1) is 0 Å². The van der Waals surface area contributed by atoms with Gasteiger partial charge in [-0.05, 0) is 59.0 Å². The minimum Gasteiger partial charge on any atom is -0.271 e. The van der Waals surface area contributed by atoms with Gasteiger partial charge in [-0.3, -0.25) is 11.3 Å². The Morgan fingerprint density at radius 3 is 2.72 bits per heavy atom. The zero-order chi connectivity index (χ0) is 13.0. The van der Waals surface area contributed by atoms with Crippen molar-refractivity contribution in [3.05, 3.63) is 57.8 Å². The summed E-state index contributed by atoms with van der Waals surface area (Å²) in [6, 6.07) is 5.35. The predicted molar refractivity (Wildman–Crippen MR) is 69.2 cm³/mol. The van der Waals surface area contributed by atoms with Crippen LogP contribution in [-0.2, 0) is 12.8 Å². The highest BCUT2D eigenvalue weighted by Crippen LogP contribution is 2.15. The Bertz CT molecular complexity index is 500. The number of thiophene rings is 1. The minimum absolute atomic E-state index is 0.115. The summed E-state index contributed by atoms with van der Waals surface area (Å²) in [4.78, 5) is 0. The molecule has 5 heteroatoms. The summed E-state index contributed by atoms with van der Waals surface area (Å²) < 4.78 is 26.6. The average Bonchev–Trinajstić information content (AvgIpc) is 2.85. The van der Waals surface area contributed by atoms with Crippen LogP contribution in [0.5, 0.6) is 0 Å². The van der Waals surface area contributed by atoms with E-state index in [2.05, 4.69) is 5.43 Å². The first-order valence-corrected chi connectivity index (χ1v) is 6.54. The smallest absolute Gasteiger partial charge is 0.126 e. The second kappa shape index (κ2) is 6.04. The summed E-state index contributed by atoms with van der Waals surface area (Å²) in [5.74, 6) is 4.63. The summed E-state index contributed by atoms with van der Waals surface area (Å²) in [6.07, 6.45) is 1.05. The van der Waals surface area contributed by atoms with E-state index in [0.717, 1.165) is 17.7 Å². The average molecular weight is 268 g/mol. The molecular formula is C13H14F2N2S. The number of hydrazine groups is 1. The maximum absolute atomic E-state index is 13.5. The Labute approximate surface area is 108 Å². The van der Waals surface area contributed by atoms with Crippen molar-refractivity contribution in [2.75, 3.05) is 0 Å². The van der Waals surface area contributed by atoms with Gasteiger partial charge in [-0.2, -0.15) is 11.3 Å². The van der Waals surface area contributed by atoms with Gasteiger partial charge in [-0.1, -0.05) is 0 Å². The molecule has 0 spiro atoms. The molecule has 0 radical (unpaired) electrons. The SMILES string of the molecule is NNC(Cc1ccsc1)Cc1cc(F)ccc1F. The van der Waals surface area contributed by atoms with Crippen LogP contribution in [0, 0.1) is 11.6 Å². The van der Waals surface area contributed by atoms with Gasteiger partial charge in [0.15, 0.2) is 0 Å². The molecule has 96 valence electrons. The summed E-state index contributed by atoms with van der Waals surface area (Å²) in [7, 11) is 0. The summed E-state index contributed by atoms with van der Waals surface area (Å²) in [5, 5.41) is 4.00. The molecule has 3 N–H and O–H groups in total. The highest BCUT2D eigenvalue weighted by Gasteiger charge is 2.12. The van der Waals surface area contributed by atoms with Crippen LogP contribution in [0.4, 0.5) is 8.78 Å². The Morgan fingerprint density at radius 1 is 1.22 bits per heavy atom. The molecule has 0 saturated carbocycles. The van der Waals surface area contributed by atoms with Gasteiger partial charge in [-0.15, -0.1) is 0 Å². The molecule has 1 heterocycles. The summed E-state index contributed by atoms with van der Waals surface area (Å²) >= 11 is 1.60. The Morgan fingerprint density at radius 2 is 2.06 bits per heavy atom. The lowest BCUT2D eigenvalue weighted by atomic mass is 10.0. The van der Waals surface area contributed by atoms with Crippen molar-refractivity contribution in [3.8, 4) is 0 Å². The highest BCUT2D eigenvalue weighted by molar-refractivity contribution is 7.07. The van der Waals surface area contributed by atoms with E-state index >= 15 is 0 Å². The number of hydrogen-bond acceptors (Lipinski definition) is 3. The van der Waals surface area contributed by atoms with Crippen LogP contribution in [0.3, 0.4) is 0 Å². The third-order valence-corrected chi connectivity index (χ3v) is 3.50. The molecule has 1 unspecified atom stereocenters. The zero-order valence-corrected chi connectivity index (χ0v) is 10.5. The fourth-order valence-corrected chi connectivity index (χ4v) is 2.53. The van der Waals surface area contributed by atoms with Crippen LogP contribution in [-0.4, -0.2) is 6.04 Å². The van der Waals surface area contributed by atoms with E-state index in [1.165, 1.54) is 6.07 Å². The van der Waals surface area contributed by atoms with Crippen LogP contribution in [0.15, 0.2) is 35.0 Å². The topological polar surface area (TPSA) is 38.0 Å². The fourth-order valence-electron chi connectivity index (χ4n) is 1.85. The van der Waals surface area contributed by atoms with E-state index in [9.17, 15) is 8.78 Å². The second-order valence-corrected chi connectivity index (χ2v) is 4.92. The third kappa shape index (κ3) is 3.35. The van der Waals surface area contributed by atoms with E-state index < -0.39 is 11.6 Å². The van der Waals surface area contributed by atoms with E-state index in [0.29, 0.717) is 18.4 Å². The van der Waals surface area contributed by atoms with E-state index in [-0.39, 0.29) is 6.04 Å². The van der Waals surface area contributed by atoms with Gasteiger partial charge in [0, 0.05) is 6.04 Å². The number of nitrogens with two attached hydrogens (primary N) is 1. The van der Waals surface area contributed by atoms with Crippen molar-refractivity contribution in [1.82, 2.24) is 5.43 Å². The van der Waals surface area contributed by atoms with E-state index in [1.807, 2.05) is 16.8 Å². The molecule has 2 aromatic rings. The number of benzene rings is 1. The van der Waals surface area contributed by atoms with Crippen LogP contribution in [0.25, 0.3) is 0 Å². The molecule has 0 saturated heterocycles. The molecule has 18 heavy (non-hydrogen) atoms. The molecule has 0 aliphatic rings. The van der Waals surface area contributed by atoms with Gasteiger partial charge in [0.1, 0.15) is 11.6 Å². The monoisotopic (exact) mass is 268 g/mol. The summed E-state index contributed by atoms with van der Waals surface area (Å²) in [6.45, 7) is 0. The van der Waals surface area contributed by atoms with Crippen molar-refractivity contribution in [2.45, 2.75) is 18.9 Å². The first-order chi connectivity index (χ1) is 8.69. The first kappa shape index (κ1) is 13.1. The second-order valence-electron chi connectivity index (χ2n) is 4.14. The molecule has 0 aliphatic carbocycles. The third-order valence-electron chi connectivity index (χ3n) is 2.77. The van der Waals surface area contributed by atoms with Crippen molar-refractivity contribution in [2.24, 2.45) is 5.84 Å². The maximum atomic E-state index is 13.5. The minimum atomic E-state index is -0.433. The largest absolute Gasteiger partial charge is 0.271 e. The fraction of sp³-hybridized carbons (Fsp3) is 0.231. The number of halogens is 2. The Balaban J connectivity index is 2.07. The Hall–Kier alpha value is -1.30. The molecule has 0 aliphatic heterocycles. The standard InChI is InChI=1S/C13H14F2N2S/c14-11-1-2-13(15)10(6-11)7-12(17-16)5-9-3-4-18-8-9/h1-4,6,8,12,17H,5,7,16H2. The molecule has 1 aromatic carbocycles. The first-order valence-electron chi connectivity index (χ1n) is 5.60. The van der Waals surface area contributed by atoms with Gasteiger partial charge in [0.2, 0.25) is 0 Å². The maximum Gasteiger partial charge on any atom is 0.126 e. The number of nitrogens with one attached hydrogen (secondary N) is 1. The normalized spacial score (nSPS) is 12.6. The van der Waals surface area contributed by atoms with Gasteiger partial charge in [-0.25, -0.2) is 8.78 Å². The predicted octanol–water partition coefficient (Wildman–Crippen LogP) is 2.64. The number of hydrogen-bond donors (Lipinski definition) is 2. The van der Waals surface area contributed by atoms with Crippen LogP contribution < -0.4 is 11.3 Å². The van der Waals surface area contributed by atoms with Crippen molar-refractivity contribution in [3.63, 3.8) is 0 Å². The molecule has 1 aromatic heterocycles. The lowest BCUT2D eigenvalue weighted by Crippen LogP contribution is -2.38. The van der Waals surface area contributed by atoms with Gasteiger partial charge in [0.25, 0.3) is 0 Å². The molecule has 2 nitrogen and oxygen atoms in total. The van der Waals surface area contributed by atoms with E-state index in [4.69, 9.17) is 5.84 Å². The highest BCUT2D eigenvalue weighted by atomic mass is 32.1. The zero-order valence-electron chi connectivity index (χ0n) is 9.70. The van der Waals surface area contributed by atoms with Gasteiger partial charge < -0.3 is 0 Å². The quantitative estimate of drug-likeness (QED) is 0.646. The van der Waals surface area contributed by atoms with Crippen molar-refractivity contribution in [1.29, 1.82) is 0 Å². The molecule has 0 fully saturated rings. The van der Waals surface area contributed by atoms with Crippen molar-refractivity contribution >= 4 is 11.3 Å². The summed E-state index contributed by atoms with van der Waals surface area (Å²) in [5.41, 5.74) is 4.13. The molecule has 2 rings (SSSR count). The van der Waals surface area contributed by atoms with Crippen LogP contribution in [0.2, 0.25) is 0 Å². The Kier molecular flexibility index (Phi) is 4.41. The van der Waals surface area contributed by atoms with Crippen molar-refractivity contribution < 1.29 is 8.78 Å². The molecular weight excluding hydrogens is 254 g/mol. The molecule has 1 atom stereocenters. The molecule has 0 bridgehead atoms. The van der Waals surface area contributed by atoms with Crippen LogP contribution in [0.1, 0.15) is 11.1 Å². The molecule has 0 amide bonds. The van der Waals surface area contributed by atoms with E-state index in [1.54, 1.807) is 11.3 Å².